The quantitative estimate of drug-likeness (QED) is 0.633. The maximum absolute atomic E-state index is 13.2. The van der Waals surface area contributed by atoms with Gasteiger partial charge in [0.25, 0.3) is 5.91 Å². The fourth-order valence-electron chi connectivity index (χ4n) is 2.97. The number of ether oxygens (including phenoxy) is 1. The van der Waals surface area contributed by atoms with E-state index in [1.807, 2.05) is 4.90 Å². The number of carbonyl (C=O) groups is 1. The van der Waals surface area contributed by atoms with E-state index in [0.717, 1.165) is 17.8 Å². The highest BCUT2D eigenvalue weighted by Gasteiger charge is 2.32. The van der Waals surface area contributed by atoms with Gasteiger partial charge in [0.1, 0.15) is 5.82 Å². The monoisotopic (exact) mass is 398 g/mol. The third kappa shape index (κ3) is 5.10. The van der Waals surface area contributed by atoms with E-state index in [2.05, 4.69) is 9.72 Å². The first-order valence-electron chi connectivity index (χ1n) is 8.47. The van der Waals surface area contributed by atoms with Crippen LogP contribution in [0.5, 0.6) is 5.75 Å². The highest BCUT2D eigenvalue weighted by molar-refractivity contribution is 5.95. The highest BCUT2D eigenvalue weighted by Crippen LogP contribution is 2.29. The fourth-order valence-corrected chi connectivity index (χ4v) is 2.97. The Hall–Kier alpha value is -2.88. The Labute approximate surface area is 158 Å². The molecule has 10 heteroatoms. The number of aromatic nitrogens is 1. The fraction of sp³-hybridized carbons (Fsp3) is 0.333. The van der Waals surface area contributed by atoms with E-state index < -0.39 is 23.8 Å². The van der Waals surface area contributed by atoms with Gasteiger partial charge in [0.2, 0.25) is 0 Å². The van der Waals surface area contributed by atoms with Gasteiger partial charge in [-0.2, -0.15) is 0 Å². The summed E-state index contributed by atoms with van der Waals surface area (Å²) in [6, 6.07) is 4.98. The summed E-state index contributed by atoms with van der Waals surface area (Å²) in [6.07, 6.45) is -2.19. The number of anilines is 1. The van der Waals surface area contributed by atoms with Crippen molar-refractivity contribution < 1.29 is 27.1 Å². The predicted octanol–water partition coefficient (Wildman–Crippen LogP) is 2.66. The first-order chi connectivity index (χ1) is 13.2. The molecule has 0 saturated carbocycles. The van der Waals surface area contributed by atoms with Crippen molar-refractivity contribution in [2.75, 3.05) is 31.9 Å². The molecule has 1 aliphatic rings. The molecule has 1 saturated heterocycles. The van der Waals surface area contributed by atoms with Crippen LogP contribution in [0.25, 0.3) is 0 Å². The molecule has 2 aromatic rings. The van der Waals surface area contributed by atoms with Crippen molar-refractivity contribution in [1.29, 1.82) is 0 Å². The third-order valence-electron chi connectivity index (χ3n) is 4.31. The number of alkyl halides is 3. The number of nitrogen functional groups attached to an aromatic ring is 1. The zero-order chi connectivity index (χ0) is 20.3. The van der Waals surface area contributed by atoms with Crippen molar-refractivity contribution >= 4 is 11.6 Å². The molecule has 0 spiro atoms. The maximum Gasteiger partial charge on any atom is 0.573 e. The topological polar surface area (TPSA) is 71.7 Å². The SMILES string of the molecule is Nc1ccc(C(=O)N2CCN(Cc3cncc(F)c3)CC2)cc1OC(F)(F)F. The van der Waals surface area contributed by atoms with E-state index in [1.54, 1.807) is 11.1 Å². The second-order valence-electron chi connectivity index (χ2n) is 6.38. The molecular formula is C18H18F4N4O2. The minimum Gasteiger partial charge on any atom is -0.404 e. The van der Waals surface area contributed by atoms with Crippen LogP contribution < -0.4 is 10.5 Å². The molecular weight excluding hydrogens is 380 g/mol. The lowest BCUT2D eigenvalue weighted by Crippen LogP contribution is -2.48. The van der Waals surface area contributed by atoms with Gasteiger partial charge >= 0.3 is 6.36 Å². The van der Waals surface area contributed by atoms with Crippen molar-refractivity contribution in [1.82, 2.24) is 14.8 Å². The maximum atomic E-state index is 13.2. The molecule has 1 aromatic carbocycles. The molecule has 6 nitrogen and oxygen atoms in total. The van der Waals surface area contributed by atoms with Crippen LogP contribution in [0.15, 0.2) is 36.7 Å². The summed E-state index contributed by atoms with van der Waals surface area (Å²) >= 11 is 0. The first-order valence-corrected chi connectivity index (χ1v) is 8.47. The van der Waals surface area contributed by atoms with Crippen molar-refractivity contribution in [2.45, 2.75) is 12.9 Å². The summed E-state index contributed by atoms with van der Waals surface area (Å²) in [4.78, 5) is 20.0. The van der Waals surface area contributed by atoms with Crippen LogP contribution in [-0.4, -0.2) is 53.2 Å². The number of carbonyl (C=O) groups excluding carboxylic acids is 1. The second kappa shape index (κ2) is 8.01. The molecule has 1 fully saturated rings. The highest BCUT2D eigenvalue weighted by atomic mass is 19.4. The van der Waals surface area contributed by atoms with Gasteiger partial charge in [-0.25, -0.2) is 4.39 Å². The Balaban J connectivity index is 1.61. The molecule has 0 unspecified atom stereocenters. The summed E-state index contributed by atoms with van der Waals surface area (Å²) in [5.74, 6) is -1.42. The second-order valence-corrected chi connectivity index (χ2v) is 6.38. The molecule has 0 aliphatic carbocycles. The van der Waals surface area contributed by atoms with Gasteiger partial charge < -0.3 is 15.4 Å². The van der Waals surface area contributed by atoms with E-state index in [9.17, 15) is 22.4 Å². The van der Waals surface area contributed by atoms with Crippen molar-refractivity contribution in [3.63, 3.8) is 0 Å². The van der Waals surface area contributed by atoms with Crippen molar-refractivity contribution in [3.05, 3.63) is 53.6 Å². The summed E-state index contributed by atoms with van der Waals surface area (Å²) in [7, 11) is 0. The van der Waals surface area contributed by atoms with E-state index >= 15 is 0 Å². The lowest BCUT2D eigenvalue weighted by atomic mass is 10.1. The van der Waals surface area contributed by atoms with Crippen LogP contribution in [-0.2, 0) is 6.54 Å². The zero-order valence-corrected chi connectivity index (χ0v) is 14.7. The Morgan fingerprint density at radius 1 is 1.14 bits per heavy atom. The number of hydrogen-bond donors (Lipinski definition) is 1. The number of nitrogens with zero attached hydrogens (tertiary/aromatic N) is 3. The minimum absolute atomic E-state index is 0.0660. The Bertz CT molecular complexity index is 852. The first kappa shape index (κ1) is 19.9. The normalized spacial score (nSPS) is 15.5. The van der Waals surface area contributed by atoms with E-state index in [4.69, 9.17) is 5.73 Å². The Morgan fingerprint density at radius 2 is 1.86 bits per heavy atom. The summed E-state index contributed by atoms with van der Waals surface area (Å²) in [6.45, 7) is 2.37. The van der Waals surface area contributed by atoms with E-state index in [1.165, 1.54) is 18.2 Å². The molecule has 0 bridgehead atoms. The lowest BCUT2D eigenvalue weighted by molar-refractivity contribution is -0.274. The number of benzene rings is 1. The zero-order valence-electron chi connectivity index (χ0n) is 14.7. The van der Waals surface area contributed by atoms with Gasteiger partial charge in [-0.3, -0.25) is 14.7 Å². The summed E-state index contributed by atoms with van der Waals surface area (Å²) in [5, 5.41) is 0. The summed E-state index contributed by atoms with van der Waals surface area (Å²) in [5.41, 5.74) is 6.08. The Kier molecular flexibility index (Phi) is 5.68. The number of rotatable bonds is 4. The number of amides is 1. The van der Waals surface area contributed by atoms with Crippen LogP contribution >= 0.6 is 0 Å². The van der Waals surface area contributed by atoms with Crippen LogP contribution in [0.1, 0.15) is 15.9 Å². The molecule has 3 rings (SSSR count). The van der Waals surface area contributed by atoms with Gasteiger partial charge in [-0.1, -0.05) is 0 Å². The van der Waals surface area contributed by atoms with Gasteiger partial charge in [-0.15, -0.1) is 13.2 Å². The molecule has 2 N–H and O–H groups in total. The third-order valence-corrected chi connectivity index (χ3v) is 4.31. The van der Waals surface area contributed by atoms with E-state index in [-0.39, 0.29) is 11.3 Å². The smallest absolute Gasteiger partial charge is 0.404 e. The van der Waals surface area contributed by atoms with Gasteiger partial charge in [0, 0.05) is 44.5 Å². The largest absolute Gasteiger partial charge is 0.573 e. The Morgan fingerprint density at radius 3 is 2.50 bits per heavy atom. The molecule has 2 heterocycles. The minimum atomic E-state index is -4.90. The molecule has 1 amide bonds. The average molecular weight is 398 g/mol. The lowest BCUT2D eigenvalue weighted by Gasteiger charge is -2.34. The van der Waals surface area contributed by atoms with Gasteiger partial charge in [0.15, 0.2) is 5.75 Å². The van der Waals surface area contributed by atoms with E-state index in [0.29, 0.717) is 32.7 Å². The number of hydrogen-bond acceptors (Lipinski definition) is 5. The van der Waals surface area contributed by atoms with Crippen LogP contribution in [0.2, 0.25) is 0 Å². The molecule has 150 valence electrons. The van der Waals surface area contributed by atoms with Crippen molar-refractivity contribution in [3.8, 4) is 5.75 Å². The van der Waals surface area contributed by atoms with Crippen LogP contribution in [0.3, 0.4) is 0 Å². The molecule has 1 aromatic heterocycles. The molecule has 28 heavy (non-hydrogen) atoms. The van der Waals surface area contributed by atoms with Gasteiger partial charge in [-0.05, 0) is 29.8 Å². The number of halogens is 4. The standard InChI is InChI=1S/C18H18F4N4O2/c19-14-7-12(9-24-10-14)11-25-3-5-26(6-4-25)17(27)13-1-2-15(23)16(8-13)28-18(20,21)22/h1-2,7-10H,3-6,11,23H2. The van der Waals surface area contributed by atoms with Crippen molar-refractivity contribution in [2.24, 2.45) is 0 Å². The van der Waals surface area contributed by atoms with Crippen LogP contribution in [0, 0.1) is 5.82 Å². The van der Waals surface area contributed by atoms with Crippen LogP contribution in [0.4, 0.5) is 23.2 Å². The molecule has 1 aliphatic heterocycles. The average Bonchev–Trinajstić information content (AvgIpc) is 2.62. The summed E-state index contributed by atoms with van der Waals surface area (Å²) < 4.78 is 54.4. The molecule has 0 radical (unpaired) electrons. The predicted molar refractivity (Wildman–Crippen MR) is 92.9 cm³/mol. The number of pyridine rings is 1. The van der Waals surface area contributed by atoms with Gasteiger partial charge in [0.05, 0.1) is 11.9 Å². The number of piperazine rings is 1. The molecule has 0 atom stereocenters. The number of nitrogens with two attached hydrogens (primary N) is 1.